The summed E-state index contributed by atoms with van der Waals surface area (Å²) in [6.45, 7) is 0. The van der Waals surface area contributed by atoms with E-state index in [4.69, 9.17) is 21.8 Å². The maximum Gasteiger partial charge on any atom is 0.447 e. The second-order valence-electron chi connectivity index (χ2n) is 2.65. The summed E-state index contributed by atoms with van der Waals surface area (Å²) in [6.07, 6.45) is -5.18. The van der Waals surface area contributed by atoms with Crippen LogP contribution in [0.5, 0.6) is 0 Å². The van der Waals surface area contributed by atoms with E-state index in [0.29, 0.717) is 0 Å². The van der Waals surface area contributed by atoms with Gasteiger partial charge < -0.3 is 10.2 Å². The monoisotopic (exact) mass is 226 g/mol. The number of alkyl halides is 3. The van der Waals surface area contributed by atoms with Gasteiger partial charge in [0, 0.05) is 10.6 Å². The van der Waals surface area contributed by atoms with Crippen LogP contribution in [0.3, 0.4) is 0 Å². The van der Waals surface area contributed by atoms with Gasteiger partial charge in [0.15, 0.2) is 0 Å². The smallest absolute Gasteiger partial charge is 0.355 e. The third-order valence-corrected chi connectivity index (χ3v) is 1.97. The van der Waals surface area contributed by atoms with Crippen molar-refractivity contribution in [1.29, 1.82) is 0 Å². The summed E-state index contributed by atoms with van der Waals surface area (Å²) in [5.74, 6) is -3.91. The van der Waals surface area contributed by atoms with Gasteiger partial charge in [0.2, 0.25) is 0 Å². The number of rotatable bonds is 1. The molecule has 0 spiro atoms. The van der Waals surface area contributed by atoms with Crippen molar-refractivity contribution >= 4 is 11.6 Å². The van der Waals surface area contributed by atoms with Crippen LogP contribution in [-0.4, -0.2) is 16.4 Å². The SMILES string of the molecule is OC(O)(c1ccccc1Cl)C(F)(F)F. The Balaban J connectivity index is 3.23. The van der Waals surface area contributed by atoms with Crippen molar-refractivity contribution in [2.75, 3.05) is 0 Å². The predicted molar refractivity (Wildman–Crippen MR) is 43.6 cm³/mol. The second-order valence-corrected chi connectivity index (χ2v) is 3.06. The summed E-state index contributed by atoms with van der Waals surface area (Å²) >= 11 is 5.39. The Hall–Kier alpha value is -0.780. The molecular formula is C8H6ClF3O2. The molecule has 0 aliphatic heterocycles. The van der Waals surface area contributed by atoms with Crippen molar-refractivity contribution < 1.29 is 23.4 Å². The first-order valence-corrected chi connectivity index (χ1v) is 3.91. The van der Waals surface area contributed by atoms with Crippen LogP contribution in [-0.2, 0) is 5.79 Å². The molecule has 0 heterocycles. The highest BCUT2D eigenvalue weighted by Gasteiger charge is 2.55. The fourth-order valence-corrected chi connectivity index (χ4v) is 1.16. The Morgan fingerprint density at radius 2 is 1.57 bits per heavy atom. The first-order valence-electron chi connectivity index (χ1n) is 3.53. The van der Waals surface area contributed by atoms with E-state index in [2.05, 4.69) is 0 Å². The fraction of sp³-hybridized carbons (Fsp3) is 0.250. The van der Waals surface area contributed by atoms with Crippen molar-refractivity contribution in [3.63, 3.8) is 0 Å². The van der Waals surface area contributed by atoms with E-state index in [1.165, 1.54) is 12.1 Å². The van der Waals surface area contributed by atoms with Gasteiger partial charge in [0.25, 0.3) is 5.79 Å². The van der Waals surface area contributed by atoms with Crippen molar-refractivity contribution in [3.8, 4) is 0 Å². The van der Waals surface area contributed by atoms with Crippen LogP contribution in [0.4, 0.5) is 13.2 Å². The number of halogens is 4. The lowest BCUT2D eigenvalue weighted by Gasteiger charge is -2.25. The molecule has 0 amide bonds. The highest BCUT2D eigenvalue weighted by atomic mass is 35.5. The number of benzene rings is 1. The van der Waals surface area contributed by atoms with Gasteiger partial charge in [-0.15, -0.1) is 0 Å². The van der Waals surface area contributed by atoms with Crippen LogP contribution in [0, 0.1) is 0 Å². The van der Waals surface area contributed by atoms with Gasteiger partial charge in [-0.1, -0.05) is 29.8 Å². The molecule has 0 saturated carbocycles. The molecule has 0 aliphatic rings. The van der Waals surface area contributed by atoms with Gasteiger partial charge >= 0.3 is 6.18 Å². The summed E-state index contributed by atoms with van der Waals surface area (Å²) < 4.78 is 36.4. The second kappa shape index (κ2) is 3.42. The molecule has 6 heteroatoms. The first kappa shape index (κ1) is 11.3. The van der Waals surface area contributed by atoms with Crippen LogP contribution in [0.15, 0.2) is 24.3 Å². The standard InChI is InChI=1S/C8H6ClF3O2/c9-6-4-2-1-3-5(6)7(13,14)8(10,11)12/h1-4,13-14H. The molecule has 14 heavy (non-hydrogen) atoms. The van der Waals surface area contributed by atoms with Crippen LogP contribution in [0.25, 0.3) is 0 Å². The minimum absolute atomic E-state index is 0.352. The van der Waals surface area contributed by atoms with Crippen molar-refractivity contribution in [2.24, 2.45) is 0 Å². The van der Waals surface area contributed by atoms with Crippen LogP contribution < -0.4 is 0 Å². The number of aliphatic hydroxyl groups is 2. The molecule has 0 radical (unpaired) electrons. The Labute approximate surface area is 82.5 Å². The topological polar surface area (TPSA) is 40.5 Å². The van der Waals surface area contributed by atoms with Crippen LogP contribution >= 0.6 is 11.6 Å². The van der Waals surface area contributed by atoms with E-state index in [1.807, 2.05) is 0 Å². The minimum atomic E-state index is -5.18. The molecule has 0 bridgehead atoms. The van der Waals surface area contributed by atoms with E-state index < -0.39 is 17.5 Å². The molecule has 1 rings (SSSR count). The number of hydrogen-bond donors (Lipinski definition) is 2. The van der Waals surface area contributed by atoms with E-state index in [-0.39, 0.29) is 5.02 Å². The average Bonchev–Trinajstić information content (AvgIpc) is 2.02. The third kappa shape index (κ3) is 1.84. The minimum Gasteiger partial charge on any atom is -0.355 e. The molecule has 0 atom stereocenters. The summed E-state index contributed by atoms with van der Waals surface area (Å²) in [4.78, 5) is 0. The van der Waals surface area contributed by atoms with Crippen LogP contribution in [0.1, 0.15) is 5.56 Å². The van der Waals surface area contributed by atoms with Crippen molar-refractivity contribution in [2.45, 2.75) is 12.0 Å². The maximum atomic E-state index is 12.1. The van der Waals surface area contributed by atoms with Gasteiger partial charge in [-0.25, -0.2) is 0 Å². The zero-order chi connectivity index (χ0) is 11.0. The first-order chi connectivity index (χ1) is 6.27. The van der Waals surface area contributed by atoms with Crippen molar-refractivity contribution in [1.82, 2.24) is 0 Å². The molecule has 2 N–H and O–H groups in total. The summed E-state index contributed by atoms with van der Waals surface area (Å²) in [5, 5.41) is 17.3. The molecule has 1 aromatic carbocycles. The summed E-state index contributed by atoms with van der Waals surface area (Å²) in [5.41, 5.74) is -0.783. The zero-order valence-electron chi connectivity index (χ0n) is 6.72. The van der Waals surface area contributed by atoms with E-state index in [9.17, 15) is 13.2 Å². The Kier molecular flexibility index (Phi) is 2.76. The molecular weight excluding hydrogens is 221 g/mol. The average molecular weight is 227 g/mol. The quantitative estimate of drug-likeness (QED) is 0.720. The molecule has 0 unspecified atom stereocenters. The van der Waals surface area contributed by atoms with Gasteiger partial charge in [-0.3, -0.25) is 0 Å². The van der Waals surface area contributed by atoms with Crippen LogP contribution in [0.2, 0.25) is 5.02 Å². The zero-order valence-corrected chi connectivity index (χ0v) is 7.47. The number of hydrogen-bond acceptors (Lipinski definition) is 2. The van der Waals surface area contributed by atoms with Gasteiger partial charge in [0.1, 0.15) is 0 Å². The summed E-state index contributed by atoms with van der Waals surface area (Å²) in [6, 6.07) is 4.66. The Bertz CT molecular complexity index is 336. The third-order valence-electron chi connectivity index (χ3n) is 1.64. The lowest BCUT2D eigenvalue weighted by molar-refractivity contribution is -0.358. The van der Waals surface area contributed by atoms with E-state index in [1.54, 1.807) is 0 Å². The van der Waals surface area contributed by atoms with Gasteiger partial charge in [-0.2, -0.15) is 13.2 Å². The molecule has 0 aromatic heterocycles. The van der Waals surface area contributed by atoms with E-state index in [0.717, 1.165) is 12.1 Å². The molecule has 0 fully saturated rings. The Morgan fingerprint density at radius 3 is 2.00 bits per heavy atom. The highest BCUT2D eigenvalue weighted by Crippen LogP contribution is 2.39. The molecule has 0 aliphatic carbocycles. The summed E-state index contributed by atoms with van der Waals surface area (Å²) in [7, 11) is 0. The molecule has 2 nitrogen and oxygen atoms in total. The lowest BCUT2D eigenvalue weighted by Crippen LogP contribution is -2.42. The van der Waals surface area contributed by atoms with E-state index >= 15 is 0 Å². The molecule has 0 saturated heterocycles. The predicted octanol–water partition coefficient (Wildman–Crippen LogP) is 2.04. The highest BCUT2D eigenvalue weighted by molar-refractivity contribution is 6.31. The normalized spacial score (nSPS) is 13.0. The maximum absolute atomic E-state index is 12.1. The molecule has 78 valence electrons. The van der Waals surface area contributed by atoms with Gasteiger partial charge in [0.05, 0.1) is 0 Å². The largest absolute Gasteiger partial charge is 0.447 e. The fourth-order valence-electron chi connectivity index (χ4n) is 0.897. The lowest BCUT2D eigenvalue weighted by atomic mass is 10.1. The van der Waals surface area contributed by atoms with Gasteiger partial charge in [-0.05, 0) is 6.07 Å². The van der Waals surface area contributed by atoms with Crippen molar-refractivity contribution in [3.05, 3.63) is 34.9 Å². The Morgan fingerprint density at radius 1 is 1.07 bits per heavy atom. The molecule has 1 aromatic rings.